The third-order valence-corrected chi connectivity index (χ3v) is 1.74. The van der Waals surface area contributed by atoms with E-state index in [-0.39, 0.29) is 6.42 Å². The first-order valence-electron chi connectivity index (χ1n) is 3.89. The predicted octanol–water partition coefficient (Wildman–Crippen LogP) is 2.89. The molecule has 0 aromatic heterocycles. The van der Waals surface area contributed by atoms with Crippen molar-refractivity contribution in [2.24, 2.45) is 0 Å². The van der Waals surface area contributed by atoms with Crippen molar-refractivity contribution in [2.45, 2.75) is 19.0 Å². The molecule has 1 aliphatic rings. The van der Waals surface area contributed by atoms with Gasteiger partial charge in [0, 0.05) is 11.3 Å². The maximum Gasteiger partial charge on any atom is 0.412 e. The van der Waals surface area contributed by atoms with E-state index in [0.29, 0.717) is 12.1 Å². The molecule has 0 unspecified atom stereocenters. The van der Waals surface area contributed by atoms with Crippen LogP contribution in [0.25, 0.3) is 0 Å². The summed E-state index contributed by atoms with van der Waals surface area (Å²) < 4.78 is 36.6. The zero-order valence-electron chi connectivity index (χ0n) is 6.99. The summed E-state index contributed by atoms with van der Waals surface area (Å²) in [4.78, 5) is 0. The van der Waals surface area contributed by atoms with Gasteiger partial charge < -0.3 is 5.32 Å². The number of rotatable bonds is 2. The van der Waals surface area contributed by atoms with Gasteiger partial charge in [-0.05, 0) is 25.1 Å². The average Bonchev–Trinajstić information content (AvgIpc) is 2.04. The van der Waals surface area contributed by atoms with E-state index >= 15 is 0 Å². The predicted molar refractivity (Wildman–Crippen MR) is 44.8 cm³/mol. The number of alkyl halides is 3. The van der Waals surface area contributed by atoms with Crippen molar-refractivity contribution < 1.29 is 13.2 Å². The molecule has 0 spiro atoms. The van der Waals surface area contributed by atoms with Gasteiger partial charge in [0.25, 0.3) is 0 Å². The zero-order valence-corrected chi connectivity index (χ0v) is 6.99. The van der Waals surface area contributed by atoms with Crippen LogP contribution >= 0.6 is 0 Å². The Hall–Kier alpha value is -1.19. The van der Waals surface area contributed by atoms with Gasteiger partial charge in [0.15, 0.2) is 0 Å². The molecule has 0 aromatic carbocycles. The van der Waals surface area contributed by atoms with Crippen LogP contribution in [-0.2, 0) is 0 Å². The van der Waals surface area contributed by atoms with Crippen molar-refractivity contribution in [1.82, 2.24) is 5.32 Å². The number of allylic oxidation sites excluding steroid dienone is 3. The topological polar surface area (TPSA) is 12.0 Å². The molecule has 0 aromatic rings. The van der Waals surface area contributed by atoms with E-state index < -0.39 is 11.7 Å². The van der Waals surface area contributed by atoms with E-state index in [0.717, 1.165) is 6.08 Å². The quantitative estimate of drug-likeness (QED) is 0.704. The summed E-state index contributed by atoms with van der Waals surface area (Å²) in [7, 11) is 0. The summed E-state index contributed by atoms with van der Waals surface area (Å²) in [5, 5.41) is 2.64. The van der Waals surface area contributed by atoms with Crippen molar-refractivity contribution in [1.29, 1.82) is 0 Å². The van der Waals surface area contributed by atoms with Gasteiger partial charge >= 0.3 is 6.18 Å². The molecular weight excluding hydrogens is 179 g/mol. The van der Waals surface area contributed by atoms with E-state index in [1.165, 1.54) is 6.20 Å². The molecule has 72 valence electrons. The molecule has 13 heavy (non-hydrogen) atoms. The highest BCUT2D eigenvalue weighted by Crippen LogP contribution is 2.32. The van der Waals surface area contributed by atoms with Crippen LogP contribution in [-0.4, -0.2) is 6.18 Å². The maximum absolute atomic E-state index is 12.2. The second-order valence-corrected chi connectivity index (χ2v) is 2.71. The van der Waals surface area contributed by atoms with Crippen LogP contribution in [0.4, 0.5) is 13.2 Å². The Morgan fingerprint density at radius 3 is 2.69 bits per heavy atom. The van der Waals surface area contributed by atoms with E-state index in [1.54, 1.807) is 6.08 Å². The minimum atomic E-state index is -4.21. The van der Waals surface area contributed by atoms with E-state index in [1.807, 2.05) is 0 Å². The summed E-state index contributed by atoms with van der Waals surface area (Å²) in [6.45, 7) is 3.38. The molecule has 0 aliphatic heterocycles. The summed E-state index contributed by atoms with van der Waals surface area (Å²) in [5.41, 5.74) is -0.0204. The van der Waals surface area contributed by atoms with Gasteiger partial charge in [-0.3, -0.25) is 0 Å². The van der Waals surface area contributed by atoms with Crippen molar-refractivity contribution in [3.8, 4) is 0 Å². The zero-order chi connectivity index (χ0) is 9.90. The number of nitrogens with one attached hydrogen (secondary N) is 1. The molecule has 0 heterocycles. The van der Waals surface area contributed by atoms with Crippen molar-refractivity contribution in [3.63, 3.8) is 0 Å². The highest BCUT2D eigenvalue weighted by Gasteiger charge is 2.33. The first-order valence-corrected chi connectivity index (χ1v) is 3.89. The molecule has 0 radical (unpaired) electrons. The molecule has 0 atom stereocenters. The van der Waals surface area contributed by atoms with Gasteiger partial charge in [-0.15, -0.1) is 0 Å². The summed E-state index contributed by atoms with van der Waals surface area (Å²) in [5.74, 6) is 0. The standard InChI is InChI=1S/C9H10F3N/c1-2-13-8-5-3-4-7(6-8)9(10,11)12/h2,5-6,13H,1,3-4H2. The Morgan fingerprint density at radius 2 is 2.15 bits per heavy atom. The Labute approximate surface area is 74.6 Å². The van der Waals surface area contributed by atoms with Gasteiger partial charge in [0.05, 0.1) is 0 Å². The molecule has 0 saturated heterocycles. The van der Waals surface area contributed by atoms with Crippen molar-refractivity contribution in [2.75, 3.05) is 0 Å². The van der Waals surface area contributed by atoms with Gasteiger partial charge in [-0.25, -0.2) is 0 Å². The fourth-order valence-electron chi connectivity index (χ4n) is 1.14. The van der Waals surface area contributed by atoms with Crippen LogP contribution in [0, 0.1) is 0 Å². The summed E-state index contributed by atoms with van der Waals surface area (Å²) in [6, 6.07) is 0. The Kier molecular flexibility index (Phi) is 2.80. The average molecular weight is 189 g/mol. The Bertz CT molecular complexity index is 261. The van der Waals surface area contributed by atoms with Crippen LogP contribution in [0.3, 0.4) is 0 Å². The molecule has 4 heteroatoms. The lowest BCUT2D eigenvalue weighted by Crippen LogP contribution is -2.16. The summed E-state index contributed by atoms with van der Waals surface area (Å²) >= 11 is 0. The number of hydrogen-bond acceptors (Lipinski definition) is 1. The third kappa shape index (κ3) is 2.65. The Balaban J connectivity index is 2.78. The highest BCUT2D eigenvalue weighted by molar-refractivity contribution is 5.29. The van der Waals surface area contributed by atoms with Crippen LogP contribution in [0.5, 0.6) is 0 Å². The van der Waals surface area contributed by atoms with Crippen molar-refractivity contribution in [3.05, 3.63) is 36.2 Å². The minimum absolute atomic E-state index is 0.0613. The molecule has 0 amide bonds. The molecule has 0 bridgehead atoms. The first-order chi connectivity index (χ1) is 6.04. The number of halogens is 3. The fourth-order valence-corrected chi connectivity index (χ4v) is 1.14. The van der Waals surface area contributed by atoms with Crippen molar-refractivity contribution >= 4 is 0 Å². The van der Waals surface area contributed by atoms with Crippen LogP contribution < -0.4 is 5.32 Å². The van der Waals surface area contributed by atoms with E-state index in [9.17, 15) is 13.2 Å². The lowest BCUT2D eigenvalue weighted by atomic mass is 10.0. The fraction of sp³-hybridized carbons (Fsp3) is 0.333. The number of hydrogen-bond donors (Lipinski definition) is 1. The largest absolute Gasteiger partial charge is 0.412 e. The lowest BCUT2D eigenvalue weighted by Gasteiger charge is -2.16. The van der Waals surface area contributed by atoms with Crippen LogP contribution in [0.1, 0.15) is 12.8 Å². The molecule has 1 nitrogen and oxygen atoms in total. The molecule has 0 saturated carbocycles. The van der Waals surface area contributed by atoms with E-state index in [4.69, 9.17) is 0 Å². The molecule has 1 N–H and O–H groups in total. The Morgan fingerprint density at radius 1 is 1.46 bits per heavy atom. The van der Waals surface area contributed by atoms with Gasteiger partial charge in [0.1, 0.15) is 0 Å². The van der Waals surface area contributed by atoms with Crippen LogP contribution in [0.15, 0.2) is 36.2 Å². The maximum atomic E-state index is 12.2. The second-order valence-electron chi connectivity index (χ2n) is 2.71. The second kappa shape index (κ2) is 3.68. The third-order valence-electron chi connectivity index (χ3n) is 1.74. The highest BCUT2D eigenvalue weighted by atomic mass is 19.4. The minimum Gasteiger partial charge on any atom is -0.363 e. The summed E-state index contributed by atoms with van der Waals surface area (Å²) in [6.07, 6.45) is 0.472. The molecule has 1 rings (SSSR count). The smallest absolute Gasteiger partial charge is 0.363 e. The van der Waals surface area contributed by atoms with Gasteiger partial charge in [-0.1, -0.05) is 12.7 Å². The van der Waals surface area contributed by atoms with Gasteiger partial charge in [-0.2, -0.15) is 13.2 Å². The lowest BCUT2D eigenvalue weighted by molar-refractivity contribution is -0.0941. The normalized spacial score (nSPS) is 17.5. The van der Waals surface area contributed by atoms with E-state index in [2.05, 4.69) is 11.9 Å². The molecular formula is C9H10F3N. The monoisotopic (exact) mass is 189 g/mol. The first kappa shape index (κ1) is 9.89. The molecule has 0 fully saturated rings. The SMILES string of the molecule is C=CNC1=CCCC(C(F)(F)F)=C1. The molecule has 1 aliphatic carbocycles. The van der Waals surface area contributed by atoms with Gasteiger partial charge in [0.2, 0.25) is 0 Å². The van der Waals surface area contributed by atoms with Crippen LogP contribution in [0.2, 0.25) is 0 Å².